The first-order chi connectivity index (χ1) is 10.3. The highest BCUT2D eigenvalue weighted by Gasteiger charge is 2.17. The summed E-state index contributed by atoms with van der Waals surface area (Å²) < 4.78 is 14.1. The van der Waals surface area contributed by atoms with E-state index in [1.54, 1.807) is 20.9 Å². The van der Waals surface area contributed by atoms with Crippen LogP contribution in [0.4, 0.5) is 0 Å². The molecule has 0 fully saturated rings. The third-order valence-corrected chi connectivity index (χ3v) is 2.23. The first-order valence-corrected chi connectivity index (χ1v) is 6.58. The Morgan fingerprint density at radius 3 is 2.18 bits per heavy atom. The molecular weight excluding hydrogens is 294 g/mol. The second-order valence-electron chi connectivity index (χ2n) is 4.70. The summed E-state index contributed by atoms with van der Waals surface area (Å²) in [5.41, 5.74) is 0. The lowest BCUT2D eigenvalue weighted by Crippen LogP contribution is -2.37. The van der Waals surface area contributed by atoms with E-state index in [-0.39, 0.29) is 19.2 Å². The van der Waals surface area contributed by atoms with E-state index in [1.807, 2.05) is 0 Å². The molecule has 0 aromatic carbocycles. The molecule has 0 saturated heterocycles. The third kappa shape index (κ3) is 9.65. The van der Waals surface area contributed by atoms with Crippen LogP contribution < -0.4 is 0 Å². The summed E-state index contributed by atoms with van der Waals surface area (Å²) in [4.78, 5) is 46.0. The summed E-state index contributed by atoms with van der Waals surface area (Å²) in [5, 5.41) is 0. The highest BCUT2D eigenvalue weighted by Crippen LogP contribution is 1.97. The molecule has 0 bridgehead atoms. The average Bonchev–Trinajstić information content (AvgIpc) is 2.42. The summed E-state index contributed by atoms with van der Waals surface area (Å²) >= 11 is 0. The van der Waals surface area contributed by atoms with Gasteiger partial charge in [-0.25, -0.2) is 9.59 Å². The Morgan fingerprint density at radius 2 is 1.68 bits per heavy atom. The summed E-state index contributed by atoms with van der Waals surface area (Å²) in [6, 6.07) is 0. The van der Waals surface area contributed by atoms with Gasteiger partial charge in [-0.05, 0) is 20.9 Å². The van der Waals surface area contributed by atoms with E-state index in [2.05, 4.69) is 4.74 Å². The van der Waals surface area contributed by atoms with E-state index < -0.39 is 24.0 Å². The predicted octanol–water partition coefficient (Wildman–Crippen LogP) is -0.290. The average molecular weight is 315 g/mol. The van der Waals surface area contributed by atoms with Crippen LogP contribution in [0.1, 0.15) is 13.8 Å². The fourth-order valence-electron chi connectivity index (χ4n) is 1.39. The fourth-order valence-corrected chi connectivity index (χ4v) is 1.39. The molecule has 0 heterocycles. The zero-order valence-electron chi connectivity index (χ0n) is 13.1. The molecule has 0 aliphatic carbocycles. The summed E-state index contributed by atoms with van der Waals surface area (Å²) in [6.07, 6.45) is 0.882. The predicted molar refractivity (Wildman–Crippen MR) is 75.8 cm³/mol. The minimum atomic E-state index is -1.06. The number of likely N-dealkylation sites (N-methyl/N-ethyl adjacent to an activating group) is 1. The fraction of sp³-hybridized carbons (Fsp3) is 0.571. The first-order valence-electron chi connectivity index (χ1n) is 6.58. The maximum atomic E-state index is 11.4. The molecule has 0 radical (unpaired) electrons. The Hall–Kier alpha value is -2.22. The number of rotatable bonds is 9. The first kappa shape index (κ1) is 19.8. The van der Waals surface area contributed by atoms with Crippen molar-refractivity contribution in [2.24, 2.45) is 0 Å². The summed E-state index contributed by atoms with van der Waals surface area (Å²) in [6.45, 7) is 3.43. The van der Waals surface area contributed by atoms with Crippen molar-refractivity contribution in [3.63, 3.8) is 0 Å². The number of hydrogen-bond acceptors (Lipinski definition) is 8. The molecule has 0 aromatic heterocycles. The van der Waals surface area contributed by atoms with Crippen molar-refractivity contribution in [2.45, 2.75) is 26.1 Å². The second kappa shape index (κ2) is 10.5. The van der Waals surface area contributed by atoms with Gasteiger partial charge in [0.2, 0.25) is 0 Å². The quantitative estimate of drug-likeness (QED) is 0.248. The van der Waals surface area contributed by atoms with Crippen LogP contribution in [0.3, 0.4) is 0 Å². The van der Waals surface area contributed by atoms with Crippen molar-refractivity contribution < 1.29 is 33.4 Å². The van der Waals surface area contributed by atoms with Crippen LogP contribution in [0.15, 0.2) is 12.2 Å². The molecule has 1 unspecified atom stereocenters. The second-order valence-corrected chi connectivity index (χ2v) is 4.70. The van der Waals surface area contributed by atoms with Gasteiger partial charge in [0.25, 0.3) is 0 Å². The Morgan fingerprint density at radius 1 is 1.09 bits per heavy atom. The van der Waals surface area contributed by atoms with Crippen molar-refractivity contribution >= 4 is 24.2 Å². The Kier molecular flexibility index (Phi) is 9.44. The van der Waals surface area contributed by atoms with Gasteiger partial charge >= 0.3 is 17.9 Å². The zero-order chi connectivity index (χ0) is 17.1. The van der Waals surface area contributed by atoms with E-state index >= 15 is 0 Å². The van der Waals surface area contributed by atoms with Crippen molar-refractivity contribution in [3.8, 4) is 0 Å². The largest absolute Gasteiger partial charge is 0.466 e. The van der Waals surface area contributed by atoms with Gasteiger partial charge in [-0.1, -0.05) is 0 Å². The highest BCUT2D eigenvalue weighted by atomic mass is 16.6. The Labute approximate surface area is 129 Å². The number of nitrogens with zero attached hydrogens (tertiary/aromatic N) is 1. The molecule has 1 atom stereocenters. The molecule has 0 saturated carbocycles. The van der Waals surface area contributed by atoms with Crippen molar-refractivity contribution in [2.75, 3.05) is 27.2 Å². The monoisotopic (exact) mass is 315 g/mol. The van der Waals surface area contributed by atoms with Crippen LogP contribution in [0.25, 0.3) is 0 Å². The smallest absolute Gasteiger partial charge is 0.331 e. The molecule has 124 valence electrons. The van der Waals surface area contributed by atoms with Gasteiger partial charge < -0.3 is 14.2 Å². The maximum Gasteiger partial charge on any atom is 0.331 e. The minimum absolute atomic E-state index is 0.0223. The van der Waals surface area contributed by atoms with E-state index in [9.17, 15) is 19.2 Å². The standard InChI is InChI=1S/C14H21NO7/c1-10(2)21-14(19)8-15(3)7-11(9-16)22-13(18)6-5-12(17)20-4/h5-6,9-11H,7-8H2,1-4H3/b6-5+. The van der Waals surface area contributed by atoms with Gasteiger partial charge in [-0.3, -0.25) is 14.5 Å². The molecule has 0 aromatic rings. The lowest BCUT2D eigenvalue weighted by molar-refractivity contribution is -0.151. The molecule has 0 N–H and O–H groups in total. The number of carbonyl (C=O) groups is 4. The van der Waals surface area contributed by atoms with Crippen LogP contribution in [0.5, 0.6) is 0 Å². The normalized spacial score (nSPS) is 12.3. The molecule has 0 spiro atoms. The van der Waals surface area contributed by atoms with Gasteiger partial charge in [0.1, 0.15) is 0 Å². The van der Waals surface area contributed by atoms with Crippen molar-refractivity contribution in [3.05, 3.63) is 12.2 Å². The number of ether oxygens (including phenoxy) is 3. The molecule has 8 heteroatoms. The van der Waals surface area contributed by atoms with E-state index in [4.69, 9.17) is 9.47 Å². The number of methoxy groups -OCH3 is 1. The maximum absolute atomic E-state index is 11.4. The van der Waals surface area contributed by atoms with E-state index in [0.29, 0.717) is 6.29 Å². The molecule has 0 aliphatic rings. The van der Waals surface area contributed by atoms with Crippen LogP contribution in [-0.4, -0.2) is 68.5 Å². The number of carbonyl (C=O) groups excluding carboxylic acids is 4. The van der Waals surface area contributed by atoms with Gasteiger partial charge in [0.05, 0.1) is 19.8 Å². The molecule has 0 amide bonds. The molecule has 0 rings (SSSR count). The molecule has 0 aliphatic heterocycles. The van der Waals surface area contributed by atoms with Crippen molar-refractivity contribution in [1.29, 1.82) is 0 Å². The molecule has 22 heavy (non-hydrogen) atoms. The van der Waals surface area contributed by atoms with Gasteiger partial charge in [0.15, 0.2) is 12.4 Å². The van der Waals surface area contributed by atoms with E-state index in [1.165, 1.54) is 4.90 Å². The van der Waals surface area contributed by atoms with Gasteiger partial charge in [0, 0.05) is 18.7 Å². The van der Waals surface area contributed by atoms with E-state index in [0.717, 1.165) is 19.3 Å². The zero-order valence-corrected chi connectivity index (χ0v) is 13.1. The number of esters is 3. The summed E-state index contributed by atoms with van der Waals surface area (Å²) in [5.74, 6) is -2.02. The lowest BCUT2D eigenvalue weighted by atomic mass is 10.3. The van der Waals surface area contributed by atoms with Crippen LogP contribution >= 0.6 is 0 Å². The minimum Gasteiger partial charge on any atom is -0.466 e. The third-order valence-electron chi connectivity index (χ3n) is 2.23. The topological polar surface area (TPSA) is 99.2 Å². The molecule has 8 nitrogen and oxygen atoms in total. The van der Waals surface area contributed by atoms with Crippen LogP contribution in [0.2, 0.25) is 0 Å². The number of hydrogen-bond donors (Lipinski definition) is 0. The Balaban J connectivity index is 4.33. The highest BCUT2D eigenvalue weighted by molar-refractivity contribution is 5.92. The van der Waals surface area contributed by atoms with Gasteiger partial charge in [-0.15, -0.1) is 0 Å². The number of aldehydes is 1. The van der Waals surface area contributed by atoms with Crippen LogP contribution in [-0.2, 0) is 33.4 Å². The van der Waals surface area contributed by atoms with Crippen molar-refractivity contribution in [1.82, 2.24) is 4.90 Å². The van der Waals surface area contributed by atoms with Gasteiger partial charge in [-0.2, -0.15) is 0 Å². The molecular formula is C14H21NO7. The SMILES string of the molecule is COC(=O)/C=C/C(=O)OC(C=O)CN(C)CC(=O)OC(C)C. The Bertz CT molecular complexity index is 431. The summed E-state index contributed by atoms with van der Waals surface area (Å²) in [7, 11) is 2.74. The lowest BCUT2D eigenvalue weighted by Gasteiger charge is -2.20. The van der Waals surface area contributed by atoms with Crippen LogP contribution in [0, 0.1) is 0 Å².